The van der Waals surface area contributed by atoms with Crippen LogP contribution in [0.2, 0.25) is 0 Å². The summed E-state index contributed by atoms with van der Waals surface area (Å²) in [6, 6.07) is 7.35. The smallest absolute Gasteiger partial charge is 0.326 e. The summed E-state index contributed by atoms with van der Waals surface area (Å²) >= 11 is 0. The largest absolute Gasteiger partial charge is 0.480 e. The van der Waals surface area contributed by atoms with E-state index in [4.69, 9.17) is 0 Å². The molecular weight excluding hydrogens is 240 g/mol. The molecule has 2 rings (SSSR count). The molecule has 0 aliphatic rings. The SMILES string of the molecule is Cc1ccc2ccnc(NC(C(=O)O)C(C)C)c2c1. The Hall–Kier alpha value is -2.10. The zero-order valence-electron chi connectivity index (χ0n) is 11.3. The second-order valence-corrected chi connectivity index (χ2v) is 5.09. The zero-order chi connectivity index (χ0) is 14.0. The molecule has 2 N–H and O–H groups in total. The first kappa shape index (κ1) is 13.3. The summed E-state index contributed by atoms with van der Waals surface area (Å²) in [7, 11) is 0. The van der Waals surface area contributed by atoms with Gasteiger partial charge in [-0.2, -0.15) is 0 Å². The number of rotatable bonds is 4. The molecule has 0 bridgehead atoms. The Labute approximate surface area is 112 Å². The van der Waals surface area contributed by atoms with Crippen molar-refractivity contribution in [1.82, 2.24) is 4.98 Å². The van der Waals surface area contributed by atoms with Crippen LogP contribution in [0.5, 0.6) is 0 Å². The highest BCUT2D eigenvalue weighted by Crippen LogP contribution is 2.23. The highest BCUT2D eigenvalue weighted by molar-refractivity contribution is 5.93. The number of aryl methyl sites for hydroxylation is 1. The fraction of sp³-hybridized carbons (Fsp3) is 0.333. The average Bonchev–Trinajstić information content (AvgIpc) is 2.35. The van der Waals surface area contributed by atoms with Crippen LogP contribution in [0.25, 0.3) is 10.8 Å². The van der Waals surface area contributed by atoms with Crippen molar-refractivity contribution in [3.8, 4) is 0 Å². The van der Waals surface area contributed by atoms with Crippen molar-refractivity contribution < 1.29 is 9.90 Å². The van der Waals surface area contributed by atoms with Crippen molar-refractivity contribution in [3.05, 3.63) is 36.0 Å². The molecule has 1 aromatic carbocycles. The highest BCUT2D eigenvalue weighted by atomic mass is 16.4. The normalized spacial score (nSPS) is 12.6. The third-order valence-corrected chi connectivity index (χ3v) is 3.15. The van der Waals surface area contributed by atoms with E-state index >= 15 is 0 Å². The predicted octanol–water partition coefficient (Wildman–Crippen LogP) is 3.06. The fourth-order valence-electron chi connectivity index (χ4n) is 2.06. The molecule has 0 fully saturated rings. The number of fused-ring (bicyclic) bond motifs is 1. The molecule has 2 aromatic rings. The van der Waals surface area contributed by atoms with E-state index in [9.17, 15) is 9.90 Å². The van der Waals surface area contributed by atoms with Crippen LogP contribution in [0.3, 0.4) is 0 Å². The second-order valence-electron chi connectivity index (χ2n) is 5.09. The molecule has 0 spiro atoms. The third-order valence-electron chi connectivity index (χ3n) is 3.15. The Morgan fingerprint density at radius 3 is 2.68 bits per heavy atom. The lowest BCUT2D eigenvalue weighted by molar-refractivity contribution is -0.138. The number of nitrogens with zero attached hydrogens (tertiary/aromatic N) is 1. The van der Waals surface area contributed by atoms with Crippen LogP contribution in [0, 0.1) is 12.8 Å². The molecule has 0 amide bonds. The van der Waals surface area contributed by atoms with Gasteiger partial charge in [0.15, 0.2) is 0 Å². The van der Waals surface area contributed by atoms with E-state index in [1.54, 1.807) is 6.20 Å². The monoisotopic (exact) mass is 258 g/mol. The molecule has 4 heteroatoms. The maximum absolute atomic E-state index is 11.3. The van der Waals surface area contributed by atoms with Crippen molar-refractivity contribution in [2.75, 3.05) is 5.32 Å². The van der Waals surface area contributed by atoms with Gasteiger partial charge in [-0.3, -0.25) is 0 Å². The van der Waals surface area contributed by atoms with E-state index in [0.29, 0.717) is 5.82 Å². The number of carboxylic acid groups (broad SMARTS) is 1. The minimum absolute atomic E-state index is 0.0145. The minimum atomic E-state index is -0.860. The molecule has 4 nitrogen and oxygen atoms in total. The number of aromatic nitrogens is 1. The number of carboxylic acids is 1. The summed E-state index contributed by atoms with van der Waals surface area (Å²) in [6.45, 7) is 5.76. The van der Waals surface area contributed by atoms with Crippen molar-refractivity contribution in [1.29, 1.82) is 0 Å². The van der Waals surface area contributed by atoms with E-state index < -0.39 is 12.0 Å². The van der Waals surface area contributed by atoms with Crippen LogP contribution in [-0.4, -0.2) is 22.1 Å². The number of aliphatic carboxylic acids is 1. The van der Waals surface area contributed by atoms with E-state index in [0.717, 1.165) is 16.3 Å². The summed E-state index contributed by atoms with van der Waals surface area (Å²) in [5.74, 6) is -0.247. The van der Waals surface area contributed by atoms with Gasteiger partial charge in [-0.15, -0.1) is 0 Å². The molecule has 1 aromatic heterocycles. The number of anilines is 1. The molecule has 0 aliphatic carbocycles. The van der Waals surface area contributed by atoms with Crippen LogP contribution in [0.1, 0.15) is 19.4 Å². The van der Waals surface area contributed by atoms with Gasteiger partial charge < -0.3 is 10.4 Å². The molecule has 1 atom stereocenters. The second kappa shape index (κ2) is 5.26. The summed E-state index contributed by atoms with van der Waals surface area (Å²) in [5, 5.41) is 14.3. The molecule has 1 heterocycles. The molecular formula is C15H18N2O2. The van der Waals surface area contributed by atoms with Gasteiger partial charge in [-0.25, -0.2) is 9.78 Å². The maximum Gasteiger partial charge on any atom is 0.326 e. The summed E-state index contributed by atoms with van der Waals surface area (Å²) < 4.78 is 0. The summed E-state index contributed by atoms with van der Waals surface area (Å²) in [4.78, 5) is 15.5. The van der Waals surface area contributed by atoms with Crippen LogP contribution in [-0.2, 0) is 4.79 Å². The van der Waals surface area contributed by atoms with Gasteiger partial charge in [0.25, 0.3) is 0 Å². The van der Waals surface area contributed by atoms with Crippen molar-refractivity contribution in [3.63, 3.8) is 0 Å². The minimum Gasteiger partial charge on any atom is -0.480 e. The van der Waals surface area contributed by atoms with E-state index in [1.165, 1.54) is 0 Å². The Kier molecular flexibility index (Phi) is 3.69. The van der Waals surface area contributed by atoms with Crippen molar-refractivity contribution in [2.24, 2.45) is 5.92 Å². The molecule has 19 heavy (non-hydrogen) atoms. The standard InChI is InChI=1S/C15H18N2O2/c1-9(2)13(15(18)19)17-14-12-8-10(3)4-5-11(12)6-7-16-14/h4-9,13H,1-3H3,(H,16,17)(H,18,19). The van der Waals surface area contributed by atoms with Gasteiger partial charge in [-0.05, 0) is 30.4 Å². The van der Waals surface area contributed by atoms with Gasteiger partial charge in [0, 0.05) is 11.6 Å². The molecule has 0 saturated carbocycles. The topological polar surface area (TPSA) is 62.2 Å². The number of hydrogen-bond acceptors (Lipinski definition) is 3. The number of carbonyl (C=O) groups is 1. The first-order valence-corrected chi connectivity index (χ1v) is 6.33. The lowest BCUT2D eigenvalue weighted by Crippen LogP contribution is -2.34. The van der Waals surface area contributed by atoms with Crippen molar-refractivity contribution >= 4 is 22.6 Å². The molecule has 0 saturated heterocycles. The quantitative estimate of drug-likeness (QED) is 0.884. The maximum atomic E-state index is 11.3. The number of hydrogen-bond donors (Lipinski definition) is 2. The Bertz CT molecular complexity index is 608. The number of nitrogens with one attached hydrogen (secondary N) is 1. The first-order chi connectivity index (χ1) is 8.99. The zero-order valence-corrected chi connectivity index (χ0v) is 11.3. The molecule has 100 valence electrons. The summed E-state index contributed by atoms with van der Waals surface area (Å²) in [6.07, 6.45) is 1.69. The van der Waals surface area contributed by atoms with Gasteiger partial charge >= 0.3 is 5.97 Å². The molecule has 0 radical (unpaired) electrons. The van der Waals surface area contributed by atoms with E-state index in [2.05, 4.69) is 10.3 Å². The Morgan fingerprint density at radius 2 is 2.05 bits per heavy atom. The van der Waals surface area contributed by atoms with Crippen LogP contribution >= 0.6 is 0 Å². The van der Waals surface area contributed by atoms with Gasteiger partial charge in [0.05, 0.1) is 0 Å². The van der Waals surface area contributed by atoms with E-state index in [-0.39, 0.29) is 5.92 Å². The number of benzene rings is 1. The fourth-order valence-corrected chi connectivity index (χ4v) is 2.06. The van der Waals surface area contributed by atoms with E-state index in [1.807, 2.05) is 45.0 Å². The van der Waals surface area contributed by atoms with Gasteiger partial charge in [-0.1, -0.05) is 31.5 Å². The predicted molar refractivity (Wildman–Crippen MR) is 76.4 cm³/mol. The average molecular weight is 258 g/mol. The summed E-state index contributed by atoms with van der Waals surface area (Å²) in [5.41, 5.74) is 1.12. The molecule has 0 aliphatic heterocycles. The Balaban J connectivity index is 2.44. The lowest BCUT2D eigenvalue weighted by atomic mass is 10.0. The van der Waals surface area contributed by atoms with Crippen LogP contribution in [0.15, 0.2) is 30.5 Å². The highest BCUT2D eigenvalue weighted by Gasteiger charge is 2.22. The van der Waals surface area contributed by atoms with Crippen LogP contribution < -0.4 is 5.32 Å². The first-order valence-electron chi connectivity index (χ1n) is 6.33. The number of pyridine rings is 1. The van der Waals surface area contributed by atoms with Gasteiger partial charge in [0.2, 0.25) is 0 Å². The van der Waals surface area contributed by atoms with Crippen molar-refractivity contribution in [2.45, 2.75) is 26.8 Å². The Morgan fingerprint density at radius 1 is 1.32 bits per heavy atom. The molecule has 1 unspecified atom stereocenters. The lowest BCUT2D eigenvalue weighted by Gasteiger charge is -2.19. The van der Waals surface area contributed by atoms with Gasteiger partial charge in [0.1, 0.15) is 11.9 Å². The third kappa shape index (κ3) is 2.84. The van der Waals surface area contributed by atoms with Crippen LogP contribution in [0.4, 0.5) is 5.82 Å².